The lowest BCUT2D eigenvalue weighted by atomic mass is 10.1. The summed E-state index contributed by atoms with van der Waals surface area (Å²) in [7, 11) is 1.88. The lowest BCUT2D eigenvalue weighted by Gasteiger charge is -2.27. The molecule has 0 radical (unpaired) electrons. The van der Waals surface area contributed by atoms with E-state index >= 15 is 0 Å². The molecule has 1 saturated heterocycles. The summed E-state index contributed by atoms with van der Waals surface area (Å²) in [6.45, 7) is 5.02. The highest BCUT2D eigenvalue weighted by Crippen LogP contribution is 2.36. The van der Waals surface area contributed by atoms with Crippen molar-refractivity contribution < 1.29 is 9.47 Å². The minimum absolute atomic E-state index is 0.467. The van der Waals surface area contributed by atoms with Crippen molar-refractivity contribution >= 4 is 17.8 Å². The van der Waals surface area contributed by atoms with Gasteiger partial charge < -0.3 is 15.2 Å². The summed E-state index contributed by atoms with van der Waals surface area (Å²) < 4.78 is 13.6. The van der Waals surface area contributed by atoms with Crippen LogP contribution in [0.4, 0.5) is 11.5 Å². The third-order valence-corrected chi connectivity index (χ3v) is 6.14. The number of hydrogen-bond donors (Lipinski definition) is 1. The second kappa shape index (κ2) is 9.21. The Morgan fingerprint density at radius 1 is 1.15 bits per heavy atom. The van der Waals surface area contributed by atoms with Crippen molar-refractivity contribution in [1.82, 2.24) is 19.7 Å². The molecule has 0 aliphatic carbocycles. The molecule has 1 aromatic carbocycles. The van der Waals surface area contributed by atoms with Crippen molar-refractivity contribution in [3.63, 3.8) is 0 Å². The predicted molar refractivity (Wildman–Crippen MR) is 127 cm³/mol. The van der Waals surface area contributed by atoms with Gasteiger partial charge in [0.2, 0.25) is 5.88 Å². The summed E-state index contributed by atoms with van der Waals surface area (Å²) in [5.41, 5.74) is 8.01. The normalized spacial score (nSPS) is 20.2. The molecule has 172 valence electrons. The number of hydrogen-bond acceptors (Lipinski definition) is 8. The second-order valence-corrected chi connectivity index (χ2v) is 8.46. The summed E-state index contributed by atoms with van der Waals surface area (Å²) in [4.78, 5) is 13.2. The number of aliphatic imine (C=N–C) groups is 1. The summed E-state index contributed by atoms with van der Waals surface area (Å²) in [6.07, 6.45) is 7.37. The summed E-state index contributed by atoms with van der Waals surface area (Å²) in [5.74, 6) is 2.65. The van der Waals surface area contributed by atoms with Gasteiger partial charge in [0.15, 0.2) is 5.82 Å². The van der Waals surface area contributed by atoms with E-state index in [0.717, 1.165) is 35.9 Å². The van der Waals surface area contributed by atoms with Gasteiger partial charge in [0.05, 0.1) is 18.2 Å². The number of ether oxygens (including phenoxy) is 2. The first-order valence-electron chi connectivity index (χ1n) is 11.3. The molecule has 2 aliphatic rings. The van der Waals surface area contributed by atoms with E-state index < -0.39 is 6.17 Å². The fraction of sp³-hybridized carbons (Fsp3) is 0.375. The minimum Gasteiger partial charge on any atom is -0.491 e. The zero-order valence-corrected chi connectivity index (χ0v) is 19.0. The molecule has 5 rings (SSSR count). The van der Waals surface area contributed by atoms with E-state index in [-0.39, 0.29) is 0 Å². The molecule has 0 bridgehead atoms. The van der Waals surface area contributed by atoms with E-state index in [9.17, 15) is 0 Å². The van der Waals surface area contributed by atoms with Crippen LogP contribution < -0.4 is 20.1 Å². The number of nitrogens with zero attached hydrogens (tertiary/aromatic N) is 6. The van der Waals surface area contributed by atoms with Gasteiger partial charge in [-0.25, -0.2) is 4.98 Å². The van der Waals surface area contributed by atoms with Crippen molar-refractivity contribution in [2.45, 2.75) is 32.0 Å². The molecule has 9 heteroatoms. The Kier molecular flexibility index (Phi) is 5.97. The van der Waals surface area contributed by atoms with Crippen LogP contribution in [0.15, 0.2) is 53.8 Å². The fourth-order valence-corrected chi connectivity index (χ4v) is 4.29. The van der Waals surface area contributed by atoms with E-state index in [0.29, 0.717) is 24.3 Å². The predicted octanol–water partition coefficient (Wildman–Crippen LogP) is 3.61. The average Bonchev–Trinajstić information content (AvgIpc) is 3.43. The Hall–Kier alpha value is -3.43. The van der Waals surface area contributed by atoms with Gasteiger partial charge in [0.1, 0.15) is 24.3 Å². The molecule has 2 aromatic heterocycles. The highest BCUT2D eigenvalue weighted by molar-refractivity contribution is 5.91. The lowest BCUT2D eigenvalue weighted by molar-refractivity contribution is 0.204. The third-order valence-electron chi connectivity index (χ3n) is 6.14. The van der Waals surface area contributed by atoms with Crippen LogP contribution in [-0.4, -0.2) is 51.7 Å². The Morgan fingerprint density at radius 2 is 2.03 bits per heavy atom. The van der Waals surface area contributed by atoms with Gasteiger partial charge in [-0.2, -0.15) is 5.10 Å². The van der Waals surface area contributed by atoms with Crippen LogP contribution in [0.25, 0.3) is 0 Å². The number of anilines is 2. The number of aryl methyl sites for hydroxylation is 1. The van der Waals surface area contributed by atoms with Crippen molar-refractivity contribution in [2.24, 2.45) is 17.8 Å². The van der Waals surface area contributed by atoms with E-state index in [1.165, 1.54) is 12.8 Å². The average molecular weight is 448 g/mol. The SMILES string of the molecule is C[C@H]1CCCN1CCOc1ccc(Oc2ccc3c(c2)C(N)N=CN3c2ccn(C)n2)nc1. The van der Waals surface area contributed by atoms with Gasteiger partial charge in [-0.05, 0) is 50.6 Å². The van der Waals surface area contributed by atoms with Crippen molar-refractivity contribution in [1.29, 1.82) is 0 Å². The molecule has 33 heavy (non-hydrogen) atoms. The number of benzene rings is 1. The minimum atomic E-state index is -0.467. The molecule has 3 aromatic rings. The zero-order valence-electron chi connectivity index (χ0n) is 19.0. The molecule has 2 atom stereocenters. The van der Waals surface area contributed by atoms with Crippen LogP contribution in [0.2, 0.25) is 0 Å². The molecule has 1 fully saturated rings. The van der Waals surface area contributed by atoms with Gasteiger partial charge >= 0.3 is 0 Å². The summed E-state index contributed by atoms with van der Waals surface area (Å²) >= 11 is 0. The number of aromatic nitrogens is 3. The third kappa shape index (κ3) is 4.69. The van der Waals surface area contributed by atoms with Crippen molar-refractivity contribution in [2.75, 3.05) is 24.6 Å². The maximum Gasteiger partial charge on any atom is 0.219 e. The number of pyridine rings is 1. The largest absolute Gasteiger partial charge is 0.491 e. The fourth-order valence-electron chi connectivity index (χ4n) is 4.29. The number of likely N-dealkylation sites (tertiary alicyclic amines) is 1. The molecule has 0 saturated carbocycles. The molecule has 2 aliphatic heterocycles. The Bertz CT molecular complexity index is 1130. The molecule has 1 unspecified atom stereocenters. The maximum atomic E-state index is 6.23. The van der Waals surface area contributed by atoms with Gasteiger partial charge in [0, 0.05) is 43.5 Å². The number of nitrogens with two attached hydrogens (primary N) is 1. The van der Waals surface area contributed by atoms with E-state index in [2.05, 4.69) is 26.9 Å². The van der Waals surface area contributed by atoms with Crippen LogP contribution in [0.3, 0.4) is 0 Å². The lowest BCUT2D eigenvalue weighted by Crippen LogP contribution is -2.31. The molecule has 0 amide bonds. The molecule has 9 nitrogen and oxygen atoms in total. The first-order chi connectivity index (χ1) is 16.1. The van der Waals surface area contributed by atoms with Crippen LogP contribution in [-0.2, 0) is 7.05 Å². The topological polar surface area (TPSA) is 94.0 Å². The first kappa shape index (κ1) is 21.4. The van der Waals surface area contributed by atoms with Crippen LogP contribution in [0.1, 0.15) is 31.5 Å². The molecular formula is C24H29N7O2. The standard InChI is InChI=1S/C24H29N7O2/c1-17-4-3-10-30(17)12-13-32-19-6-8-23(26-15-19)33-18-5-7-21-20(14-18)24(25)27-16-31(21)22-9-11-29(2)28-22/h5-9,11,14-17,24H,3-4,10,12-13,25H2,1-2H3/t17-,24?/m0/s1. The van der Waals surface area contributed by atoms with E-state index in [1.807, 2.05) is 54.5 Å². The maximum absolute atomic E-state index is 6.23. The Balaban J connectivity index is 1.23. The first-order valence-corrected chi connectivity index (χ1v) is 11.3. The Morgan fingerprint density at radius 3 is 2.76 bits per heavy atom. The quantitative estimate of drug-likeness (QED) is 0.591. The van der Waals surface area contributed by atoms with Crippen LogP contribution in [0.5, 0.6) is 17.4 Å². The molecule has 4 heterocycles. The second-order valence-electron chi connectivity index (χ2n) is 8.46. The van der Waals surface area contributed by atoms with Crippen LogP contribution >= 0.6 is 0 Å². The monoisotopic (exact) mass is 447 g/mol. The highest BCUT2D eigenvalue weighted by Gasteiger charge is 2.23. The highest BCUT2D eigenvalue weighted by atomic mass is 16.5. The van der Waals surface area contributed by atoms with E-state index in [1.54, 1.807) is 17.2 Å². The smallest absolute Gasteiger partial charge is 0.219 e. The van der Waals surface area contributed by atoms with Crippen molar-refractivity contribution in [3.05, 3.63) is 54.4 Å². The van der Waals surface area contributed by atoms with E-state index in [4.69, 9.17) is 15.2 Å². The molecule has 2 N–H and O–H groups in total. The number of fused-ring (bicyclic) bond motifs is 1. The molecule has 0 spiro atoms. The summed E-state index contributed by atoms with van der Waals surface area (Å²) in [5, 5.41) is 4.46. The van der Waals surface area contributed by atoms with Gasteiger partial charge in [-0.3, -0.25) is 19.5 Å². The van der Waals surface area contributed by atoms with Gasteiger partial charge in [0.25, 0.3) is 0 Å². The number of rotatable bonds is 7. The van der Waals surface area contributed by atoms with Gasteiger partial charge in [-0.1, -0.05) is 0 Å². The zero-order chi connectivity index (χ0) is 22.8. The van der Waals surface area contributed by atoms with Gasteiger partial charge in [-0.15, -0.1) is 0 Å². The van der Waals surface area contributed by atoms with Crippen molar-refractivity contribution in [3.8, 4) is 17.4 Å². The van der Waals surface area contributed by atoms with Crippen LogP contribution in [0, 0.1) is 0 Å². The Labute approximate surface area is 193 Å². The molecular weight excluding hydrogens is 418 g/mol. The summed E-state index contributed by atoms with van der Waals surface area (Å²) in [6, 6.07) is 12.0.